The highest BCUT2D eigenvalue weighted by Gasteiger charge is 2.28. The van der Waals surface area contributed by atoms with Gasteiger partial charge in [-0.15, -0.1) is 0 Å². The molecule has 2 unspecified atom stereocenters. The lowest BCUT2D eigenvalue weighted by atomic mass is 9.93. The van der Waals surface area contributed by atoms with E-state index in [1.165, 1.54) is 0 Å². The lowest BCUT2D eigenvalue weighted by Crippen LogP contribution is -2.37. The number of alkyl halides is 3. The van der Waals surface area contributed by atoms with Gasteiger partial charge in [-0.2, -0.15) is 28.1 Å². The summed E-state index contributed by atoms with van der Waals surface area (Å²) in [5.74, 6) is 0.0303. The monoisotopic (exact) mass is 349 g/mol. The molecular weight excluding hydrogens is 327 g/mol. The molecule has 6 N–H and O–H groups in total. The van der Waals surface area contributed by atoms with Crippen LogP contribution in [0.2, 0.25) is 0 Å². The summed E-state index contributed by atoms with van der Waals surface area (Å²) in [5, 5.41) is 17.9. The molecule has 2 rings (SSSR count). The van der Waals surface area contributed by atoms with E-state index in [2.05, 4.69) is 30.9 Å². The fraction of sp³-hybridized carbons (Fsp3) is 0.769. The number of nitrogens with two attached hydrogens (primary N) is 1. The van der Waals surface area contributed by atoms with Crippen LogP contribution in [0.1, 0.15) is 25.7 Å². The molecule has 136 valence electrons. The summed E-state index contributed by atoms with van der Waals surface area (Å²) in [4.78, 5) is 11.9. The van der Waals surface area contributed by atoms with E-state index < -0.39 is 18.8 Å². The van der Waals surface area contributed by atoms with Crippen molar-refractivity contribution in [2.24, 2.45) is 5.73 Å². The Kier molecular flexibility index (Phi) is 6.37. The molecule has 11 heteroatoms. The van der Waals surface area contributed by atoms with Crippen LogP contribution in [0.3, 0.4) is 0 Å². The van der Waals surface area contributed by atoms with E-state index in [-0.39, 0.29) is 23.9 Å². The van der Waals surface area contributed by atoms with Gasteiger partial charge in [-0.05, 0) is 12.8 Å². The average Bonchev–Trinajstić information content (AvgIpc) is 2.52. The quantitative estimate of drug-likeness (QED) is 0.493. The molecule has 1 aliphatic rings. The third-order valence-corrected chi connectivity index (χ3v) is 3.55. The van der Waals surface area contributed by atoms with Crippen molar-refractivity contribution < 1.29 is 18.3 Å². The number of nitrogens with zero attached hydrogens (tertiary/aromatic N) is 3. The van der Waals surface area contributed by atoms with Gasteiger partial charge in [-0.3, -0.25) is 0 Å². The largest absolute Gasteiger partial charge is 0.405 e. The zero-order chi connectivity index (χ0) is 17.6. The van der Waals surface area contributed by atoms with Crippen molar-refractivity contribution in [3.05, 3.63) is 0 Å². The van der Waals surface area contributed by atoms with Gasteiger partial charge in [0.15, 0.2) is 0 Å². The van der Waals surface area contributed by atoms with E-state index in [4.69, 9.17) is 5.73 Å². The highest BCUT2D eigenvalue weighted by Crippen LogP contribution is 2.22. The van der Waals surface area contributed by atoms with Crippen LogP contribution in [-0.2, 0) is 0 Å². The minimum Gasteiger partial charge on any atom is -0.391 e. The third-order valence-electron chi connectivity index (χ3n) is 3.55. The van der Waals surface area contributed by atoms with Crippen molar-refractivity contribution in [3.63, 3.8) is 0 Å². The van der Waals surface area contributed by atoms with Crippen LogP contribution in [0.5, 0.6) is 0 Å². The van der Waals surface area contributed by atoms with Crippen molar-refractivity contribution in [2.45, 2.75) is 44.0 Å². The Bertz CT molecular complexity index is 529. The molecule has 0 spiro atoms. The molecule has 0 radical (unpaired) electrons. The standard InChI is InChI=1S/C13H22F3N7O/c14-13(15,16)7-19-11-21-10(18-6-5-17)22-12(23-11)20-8-3-1-2-4-9(8)24/h8-9,24H,1-7,17H2,(H3,18,19,20,21,22,23). The zero-order valence-electron chi connectivity index (χ0n) is 13.1. The molecule has 0 aromatic carbocycles. The molecule has 1 aromatic heterocycles. The summed E-state index contributed by atoms with van der Waals surface area (Å²) < 4.78 is 37.1. The smallest absolute Gasteiger partial charge is 0.391 e. The predicted molar refractivity (Wildman–Crippen MR) is 83.8 cm³/mol. The number of halogens is 3. The molecule has 1 aliphatic carbocycles. The van der Waals surface area contributed by atoms with Gasteiger partial charge in [0.2, 0.25) is 17.8 Å². The topological polar surface area (TPSA) is 121 Å². The Morgan fingerprint density at radius 1 is 1.04 bits per heavy atom. The second-order valence-corrected chi connectivity index (χ2v) is 5.59. The lowest BCUT2D eigenvalue weighted by molar-refractivity contribution is -0.115. The second-order valence-electron chi connectivity index (χ2n) is 5.59. The van der Waals surface area contributed by atoms with Gasteiger partial charge in [-0.1, -0.05) is 12.8 Å². The maximum absolute atomic E-state index is 12.4. The fourth-order valence-corrected chi connectivity index (χ4v) is 2.41. The molecule has 1 aromatic rings. The van der Waals surface area contributed by atoms with E-state index in [1.54, 1.807) is 0 Å². The van der Waals surface area contributed by atoms with Crippen LogP contribution in [0.25, 0.3) is 0 Å². The normalized spacial score (nSPS) is 21.4. The Balaban J connectivity index is 2.11. The summed E-state index contributed by atoms with van der Waals surface area (Å²) in [7, 11) is 0. The van der Waals surface area contributed by atoms with Gasteiger partial charge >= 0.3 is 6.18 Å². The molecule has 8 nitrogen and oxygen atoms in total. The second kappa shape index (κ2) is 8.29. The van der Waals surface area contributed by atoms with E-state index >= 15 is 0 Å². The highest BCUT2D eigenvalue weighted by molar-refractivity contribution is 5.43. The summed E-state index contributed by atoms with van der Waals surface area (Å²) in [6.07, 6.45) is -1.62. The summed E-state index contributed by atoms with van der Waals surface area (Å²) >= 11 is 0. The van der Waals surface area contributed by atoms with E-state index in [0.29, 0.717) is 19.5 Å². The van der Waals surface area contributed by atoms with Gasteiger partial charge in [0, 0.05) is 13.1 Å². The van der Waals surface area contributed by atoms with E-state index in [9.17, 15) is 18.3 Å². The Labute approximate surface area is 137 Å². The maximum atomic E-state index is 12.4. The number of hydrogen-bond acceptors (Lipinski definition) is 8. The van der Waals surface area contributed by atoms with Crippen LogP contribution in [-0.4, -0.2) is 58.0 Å². The molecule has 0 aliphatic heterocycles. The first kappa shape index (κ1) is 18.5. The van der Waals surface area contributed by atoms with Crippen LogP contribution in [0.4, 0.5) is 31.0 Å². The van der Waals surface area contributed by atoms with Gasteiger partial charge in [-0.25, -0.2) is 0 Å². The Morgan fingerprint density at radius 2 is 1.67 bits per heavy atom. The van der Waals surface area contributed by atoms with Gasteiger partial charge < -0.3 is 26.8 Å². The van der Waals surface area contributed by atoms with E-state index in [1.807, 2.05) is 0 Å². The minimum atomic E-state index is -4.38. The number of aliphatic hydroxyl groups is 1. The van der Waals surface area contributed by atoms with Gasteiger partial charge in [0.25, 0.3) is 0 Å². The zero-order valence-corrected chi connectivity index (χ0v) is 13.1. The molecular formula is C13H22F3N7O. The summed E-state index contributed by atoms with van der Waals surface area (Å²) in [6, 6.07) is -0.237. The highest BCUT2D eigenvalue weighted by atomic mass is 19.4. The Hall–Kier alpha value is -1.88. The SMILES string of the molecule is NCCNc1nc(NCC(F)(F)F)nc(NC2CCCCC2O)n1. The molecule has 1 saturated carbocycles. The summed E-state index contributed by atoms with van der Waals surface area (Å²) in [6.45, 7) is -0.561. The molecule has 2 atom stereocenters. The van der Waals surface area contributed by atoms with Crippen molar-refractivity contribution in [3.8, 4) is 0 Å². The number of anilines is 3. The predicted octanol–water partition coefficient (Wildman–Crippen LogP) is 0.932. The number of aliphatic hydroxyl groups excluding tert-OH is 1. The number of nitrogens with one attached hydrogen (secondary N) is 3. The van der Waals surface area contributed by atoms with Crippen molar-refractivity contribution in [1.82, 2.24) is 15.0 Å². The minimum absolute atomic E-state index is 0.111. The molecule has 1 heterocycles. The van der Waals surface area contributed by atoms with Crippen molar-refractivity contribution >= 4 is 17.8 Å². The molecule has 24 heavy (non-hydrogen) atoms. The number of hydrogen-bond donors (Lipinski definition) is 5. The lowest BCUT2D eigenvalue weighted by Gasteiger charge is -2.28. The summed E-state index contributed by atoms with van der Waals surface area (Å²) in [5.41, 5.74) is 5.39. The first-order chi connectivity index (χ1) is 11.4. The van der Waals surface area contributed by atoms with Gasteiger partial charge in [0.05, 0.1) is 12.1 Å². The molecule has 0 saturated heterocycles. The first-order valence-corrected chi connectivity index (χ1v) is 7.82. The van der Waals surface area contributed by atoms with Gasteiger partial charge in [0.1, 0.15) is 6.54 Å². The fourth-order valence-electron chi connectivity index (χ4n) is 2.41. The molecule has 0 bridgehead atoms. The van der Waals surface area contributed by atoms with Crippen molar-refractivity contribution in [1.29, 1.82) is 0 Å². The van der Waals surface area contributed by atoms with Crippen LogP contribution in [0, 0.1) is 0 Å². The number of aromatic nitrogens is 3. The van der Waals surface area contributed by atoms with E-state index in [0.717, 1.165) is 19.3 Å². The number of rotatable bonds is 7. The van der Waals surface area contributed by atoms with Crippen molar-refractivity contribution in [2.75, 3.05) is 35.6 Å². The van der Waals surface area contributed by atoms with Crippen LogP contribution < -0.4 is 21.7 Å². The molecule has 0 amide bonds. The molecule has 1 fully saturated rings. The third kappa shape index (κ3) is 5.96. The first-order valence-electron chi connectivity index (χ1n) is 7.82. The maximum Gasteiger partial charge on any atom is 0.405 e. The Morgan fingerprint density at radius 3 is 2.29 bits per heavy atom. The van der Waals surface area contributed by atoms with Crippen LogP contribution >= 0.6 is 0 Å². The van der Waals surface area contributed by atoms with Crippen LogP contribution in [0.15, 0.2) is 0 Å². The average molecular weight is 349 g/mol.